The summed E-state index contributed by atoms with van der Waals surface area (Å²) in [5, 5.41) is 10.4. The summed E-state index contributed by atoms with van der Waals surface area (Å²) in [5.74, 6) is 0. The number of ether oxygens (including phenoxy) is 1. The second-order valence-corrected chi connectivity index (χ2v) is 5.82. The number of epoxide rings is 1. The number of nitrogens with zero attached hydrogens (tertiary/aromatic N) is 1. The standard InChI is InChI=1S/C10H11NO6S.H2S/c1-10(6-16-10)7-17-18(14,15)9-4-2-8(3-5-9)11(12)13;/h2-5H,6-7H2,1H3;1H2/t10-;/m0./s1. The van der Waals surface area contributed by atoms with Crippen LogP contribution in [0.25, 0.3) is 0 Å². The van der Waals surface area contributed by atoms with Crippen LogP contribution in [0.1, 0.15) is 6.92 Å². The van der Waals surface area contributed by atoms with Crippen molar-refractivity contribution in [3.63, 3.8) is 0 Å². The van der Waals surface area contributed by atoms with E-state index in [2.05, 4.69) is 0 Å². The van der Waals surface area contributed by atoms with E-state index in [0.29, 0.717) is 6.61 Å². The maximum absolute atomic E-state index is 11.7. The predicted molar refractivity (Wildman–Crippen MR) is 71.0 cm³/mol. The average molecular weight is 307 g/mol. The van der Waals surface area contributed by atoms with Gasteiger partial charge >= 0.3 is 0 Å². The Morgan fingerprint density at radius 2 is 1.95 bits per heavy atom. The minimum Gasteiger partial charge on any atom is -0.367 e. The molecule has 0 unspecified atom stereocenters. The summed E-state index contributed by atoms with van der Waals surface area (Å²) in [6.07, 6.45) is 0. The van der Waals surface area contributed by atoms with Gasteiger partial charge in [-0.2, -0.15) is 21.9 Å². The second-order valence-electron chi connectivity index (χ2n) is 4.21. The topological polar surface area (TPSA) is 99.0 Å². The first-order valence-corrected chi connectivity index (χ1v) is 6.51. The molecule has 0 spiro atoms. The Bertz CT molecular complexity index is 564. The molecule has 7 nitrogen and oxygen atoms in total. The third-order valence-electron chi connectivity index (χ3n) is 2.49. The van der Waals surface area contributed by atoms with E-state index in [9.17, 15) is 18.5 Å². The molecule has 106 valence electrons. The van der Waals surface area contributed by atoms with E-state index < -0.39 is 20.6 Å². The van der Waals surface area contributed by atoms with Crippen molar-refractivity contribution in [2.45, 2.75) is 17.4 Å². The number of benzene rings is 1. The fraction of sp³-hybridized carbons (Fsp3) is 0.400. The van der Waals surface area contributed by atoms with Crippen molar-refractivity contribution >= 4 is 29.3 Å². The lowest BCUT2D eigenvalue weighted by Gasteiger charge is -2.07. The number of hydrogen-bond acceptors (Lipinski definition) is 6. The summed E-state index contributed by atoms with van der Waals surface area (Å²) in [4.78, 5) is 9.72. The quantitative estimate of drug-likeness (QED) is 0.351. The highest BCUT2D eigenvalue weighted by atomic mass is 32.2. The average Bonchev–Trinajstić information content (AvgIpc) is 3.06. The van der Waals surface area contributed by atoms with E-state index in [-0.39, 0.29) is 30.7 Å². The van der Waals surface area contributed by atoms with Gasteiger partial charge in [-0.3, -0.25) is 14.3 Å². The Morgan fingerprint density at radius 1 is 1.42 bits per heavy atom. The van der Waals surface area contributed by atoms with E-state index in [0.717, 1.165) is 24.3 Å². The maximum Gasteiger partial charge on any atom is 0.297 e. The molecule has 1 atom stereocenters. The lowest BCUT2D eigenvalue weighted by atomic mass is 10.2. The third kappa shape index (κ3) is 3.90. The van der Waals surface area contributed by atoms with Gasteiger partial charge in [0.2, 0.25) is 0 Å². The number of rotatable bonds is 5. The molecule has 9 heteroatoms. The molecule has 0 bridgehead atoms. The second kappa shape index (κ2) is 5.45. The zero-order valence-electron chi connectivity index (χ0n) is 10.0. The summed E-state index contributed by atoms with van der Waals surface area (Å²) in [5.41, 5.74) is -0.708. The fourth-order valence-electron chi connectivity index (χ4n) is 1.21. The Balaban J connectivity index is 0.00000180. The van der Waals surface area contributed by atoms with Crippen LogP contribution in [0.15, 0.2) is 29.2 Å². The summed E-state index contributed by atoms with van der Waals surface area (Å²) in [6, 6.07) is 4.52. The van der Waals surface area contributed by atoms with Crippen LogP contribution in [0, 0.1) is 10.1 Å². The van der Waals surface area contributed by atoms with Crippen molar-refractivity contribution < 1.29 is 22.3 Å². The van der Waals surface area contributed by atoms with Gasteiger partial charge in [-0.25, -0.2) is 0 Å². The molecule has 1 aromatic rings. The molecule has 0 amide bonds. The molecule has 0 saturated carbocycles. The van der Waals surface area contributed by atoms with Gasteiger partial charge in [-0.05, 0) is 19.1 Å². The third-order valence-corrected chi connectivity index (χ3v) is 3.77. The molecular formula is C10H13NO6S2. The van der Waals surface area contributed by atoms with E-state index in [4.69, 9.17) is 8.92 Å². The zero-order valence-corrected chi connectivity index (χ0v) is 11.8. The van der Waals surface area contributed by atoms with E-state index in [1.165, 1.54) is 0 Å². The van der Waals surface area contributed by atoms with E-state index in [1.807, 2.05) is 0 Å². The van der Waals surface area contributed by atoms with Crippen molar-refractivity contribution in [3.05, 3.63) is 34.4 Å². The Hall–Kier alpha value is -1.16. The van der Waals surface area contributed by atoms with Crippen molar-refractivity contribution in [1.29, 1.82) is 0 Å². The van der Waals surface area contributed by atoms with Crippen LogP contribution in [0.2, 0.25) is 0 Å². The van der Waals surface area contributed by atoms with Crippen LogP contribution < -0.4 is 0 Å². The molecule has 0 aromatic heterocycles. The van der Waals surface area contributed by atoms with E-state index in [1.54, 1.807) is 6.92 Å². The number of non-ortho nitro benzene ring substituents is 1. The lowest BCUT2D eigenvalue weighted by molar-refractivity contribution is -0.384. The fourth-order valence-corrected chi connectivity index (χ4v) is 2.22. The highest BCUT2D eigenvalue weighted by Gasteiger charge is 2.41. The van der Waals surface area contributed by atoms with Gasteiger partial charge in [-0.1, -0.05) is 0 Å². The Labute approximate surface area is 117 Å². The molecule has 2 rings (SSSR count). The van der Waals surface area contributed by atoms with Crippen LogP contribution >= 0.6 is 13.5 Å². The smallest absolute Gasteiger partial charge is 0.297 e. The molecule has 0 N–H and O–H groups in total. The van der Waals surface area contributed by atoms with Crippen LogP contribution in [0.3, 0.4) is 0 Å². The van der Waals surface area contributed by atoms with Gasteiger partial charge in [0.05, 0.1) is 23.0 Å². The van der Waals surface area contributed by atoms with Gasteiger partial charge in [0.1, 0.15) is 5.60 Å². The largest absolute Gasteiger partial charge is 0.367 e. The Kier molecular flexibility index (Phi) is 4.56. The number of hydrogen-bond donors (Lipinski definition) is 0. The van der Waals surface area contributed by atoms with Crippen LogP contribution in [-0.4, -0.2) is 32.2 Å². The minimum absolute atomic E-state index is 0. The normalized spacial score (nSPS) is 21.5. The van der Waals surface area contributed by atoms with Gasteiger partial charge in [0.25, 0.3) is 15.8 Å². The summed E-state index contributed by atoms with van der Waals surface area (Å²) < 4.78 is 33.3. The maximum atomic E-state index is 11.7. The molecule has 1 saturated heterocycles. The predicted octanol–water partition coefficient (Wildman–Crippen LogP) is 1.20. The molecule has 1 aromatic carbocycles. The van der Waals surface area contributed by atoms with Crippen molar-refractivity contribution in [3.8, 4) is 0 Å². The lowest BCUT2D eigenvalue weighted by Crippen LogP contribution is -2.18. The van der Waals surface area contributed by atoms with Crippen molar-refractivity contribution in [1.82, 2.24) is 0 Å². The first kappa shape index (κ1) is 15.9. The molecule has 1 heterocycles. The highest BCUT2D eigenvalue weighted by Crippen LogP contribution is 2.27. The van der Waals surface area contributed by atoms with Gasteiger partial charge < -0.3 is 4.74 Å². The number of nitro groups is 1. The van der Waals surface area contributed by atoms with Gasteiger partial charge in [0, 0.05) is 12.1 Å². The SMILES string of the molecule is C[C@@]1(COS(=O)(=O)c2ccc([N+](=O)[O-])cc2)CO1.S. The van der Waals surface area contributed by atoms with Gasteiger partial charge in [-0.15, -0.1) is 0 Å². The summed E-state index contributed by atoms with van der Waals surface area (Å²) in [7, 11) is -3.90. The van der Waals surface area contributed by atoms with Crippen LogP contribution in [-0.2, 0) is 19.0 Å². The van der Waals surface area contributed by atoms with Crippen LogP contribution in [0.4, 0.5) is 5.69 Å². The van der Waals surface area contributed by atoms with Crippen molar-refractivity contribution in [2.24, 2.45) is 0 Å². The van der Waals surface area contributed by atoms with Gasteiger partial charge in [0.15, 0.2) is 0 Å². The molecule has 19 heavy (non-hydrogen) atoms. The first-order chi connectivity index (χ1) is 8.32. The summed E-state index contributed by atoms with van der Waals surface area (Å²) >= 11 is 0. The molecule has 1 fully saturated rings. The highest BCUT2D eigenvalue weighted by molar-refractivity contribution is 7.86. The molecule has 1 aliphatic heterocycles. The van der Waals surface area contributed by atoms with Crippen molar-refractivity contribution in [2.75, 3.05) is 13.2 Å². The summed E-state index contributed by atoms with van der Waals surface area (Å²) in [6.45, 7) is 2.13. The molecule has 0 aliphatic carbocycles. The Morgan fingerprint density at radius 3 is 2.37 bits per heavy atom. The molecule has 1 aliphatic rings. The minimum atomic E-state index is -3.90. The van der Waals surface area contributed by atoms with Crippen LogP contribution in [0.5, 0.6) is 0 Å². The first-order valence-electron chi connectivity index (χ1n) is 5.10. The monoisotopic (exact) mass is 307 g/mol. The number of nitro benzene ring substituents is 1. The molecular weight excluding hydrogens is 294 g/mol. The van der Waals surface area contributed by atoms with E-state index >= 15 is 0 Å². The molecule has 0 radical (unpaired) electrons. The zero-order chi connectivity index (χ0) is 13.4.